The second-order valence-electron chi connectivity index (χ2n) is 9.86. The van der Waals surface area contributed by atoms with Crippen LogP contribution >= 0.6 is 27.3 Å². The fraction of sp³-hybridized carbons (Fsp3) is 0.121. The minimum absolute atomic E-state index is 0.265. The van der Waals surface area contributed by atoms with E-state index in [9.17, 15) is 9.59 Å². The number of ether oxygens (including phenoxy) is 1. The Bertz CT molecular complexity index is 2040. The summed E-state index contributed by atoms with van der Waals surface area (Å²) < 4.78 is 14.6. The lowest BCUT2D eigenvalue weighted by Gasteiger charge is -2.25. The summed E-state index contributed by atoms with van der Waals surface area (Å²) >= 11 is 4.87. The lowest BCUT2D eigenvalue weighted by molar-refractivity contribution is -0.113. The van der Waals surface area contributed by atoms with E-state index in [1.165, 1.54) is 11.3 Å². The van der Waals surface area contributed by atoms with Crippen molar-refractivity contribution in [1.82, 2.24) is 4.57 Å². The number of aromatic nitrogens is 1. The Kier molecular flexibility index (Phi) is 7.53. The largest absolute Gasteiger partial charge is 0.497 e. The molecule has 3 heterocycles. The number of benzene rings is 3. The molecule has 9 heteroatoms. The van der Waals surface area contributed by atoms with E-state index in [4.69, 9.17) is 14.1 Å². The third-order valence-electron chi connectivity index (χ3n) is 7.00. The number of furan rings is 1. The number of hydrogen-bond donors (Lipinski definition) is 1. The van der Waals surface area contributed by atoms with Gasteiger partial charge in [0.1, 0.15) is 17.3 Å². The number of rotatable bonds is 6. The Morgan fingerprint density at radius 2 is 1.86 bits per heavy atom. The quantitative estimate of drug-likeness (QED) is 0.239. The van der Waals surface area contributed by atoms with Gasteiger partial charge in [-0.25, -0.2) is 4.99 Å². The summed E-state index contributed by atoms with van der Waals surface area (Å²) in [6.45, 7) is 3.82. The number of halogens is 1. The minimum atomic E-state index is -0.710. The first kappa shape index (κ1) is 27.7. The van der Waals surface area contributed by atoms with E-state index in [1.54, 1.807) is 24.7 Å². The molecule has 0 bridgehead atoms. The van der Waals surface area contributed by atoms with E-state index in [1.807, 2.05) is 91.9 Å². The molecule has 0 aliphatic carbocycles. The normalized spacial score (nSPS) is 14.9. The van der Waals surface area contributed by atoms with E-state index < -0.39 is 6.04 Å². The van der Waals surface area contributed by atoms with Crippen LogP contribution in [0, 0.1) is 6.92 Å². The van der Waals surface area contributed by atoms with Gasteiger partial charge in [-0.1, -0.05) is 63.7 Å². The van der Waals surface area contributed by atoms with E-state index in [0.717, 1.165) is 21.2 Å². The van der Waals surface area contributed by atoms with E-state index in [0.29, 0.717) is 43.6 Å². The van der Waals surface area contributed by atoms with Gasteiger partial charge in [0.05, 0.1) is 29.0 Å². The van der Waals surface area contributed by atoms with Crippen LogP contribution in [0.4, 0.5) is 5.69 Å². The highest BCUT2D eigenvalue weighted by Gasteiger charge is 2.32. The molecular formula is C33H26BrN3O4S. The van der Waals surface area contributed by atoms with Gasteiger partial charge in [-0.15, -0.1) is 0 Å². The molecule has 1 aliphatic heterocycles. The van der Waals surface area contributed by atoms with Gasteiger partial charge in [-0.3, -0.25) is 14.2 Å². The summed E-state index contributed by atoms with van der Waals surface area (Å²) in [6.07, 6.45) is 1.72. The van der Waals surface area contributed by atoms with E-state index in [-0.39, 0.29) is 11.5 Å². The standard InChI is InChI=1S/C33H26BrN3O4S/c1-19-12-14-25(26(34)16-19)27-15-13-24(41-27)18-28-32(39)37-30(21-8-7-11-23(17-21)40-3)29(20(2)35-33(37)42-28)31(38)36-22-9-5-4-6-10-22/h4-18,30H,1-3H3,(H,36,38)/b28-18-/t30-/m1/s1. The molecule has 6 rings (SSSR count). The van der Waals surface area contributed by atoms with Crippen LogP contribution in [0.25, 0.3) is 17.4 Å². The number of hydrogen-bond acceptors (Lipinski definition) is 6. The number of amides is 1. The lowest BCUT2D eigenvalue weighted by atomic mass is 9.95. The molecule has 1 aliphatic rings. The van der Waals surface area contributed by atoms with Gasteiger partial charge in [0.2, 0.25) is 0 Å². The molecule has 0 saturated carbocycles. The number of anilines is 1. The van der Waals surface area contributed by atoms with Gasteiger partial charge >= 0.3 is 0 Å². The van der Waals surface area contributed by atoms with Crippen LogP contribution in [0.3, 0.4) is 0 Å². The van der Waals surface area contributed by atoms with Crippen LogP contribution < -0.4 is 24.9 Å². The number of methoxy groups -OCH3 is 1. The highest BCUT2D eigenvalue weighted by molar-refractivity contribution is 9.10. The molecule has 1 atom stereocenters. The van der Waals surface area contributed by atoms with Crippen molar-refractivity contribution in [2.45, 2.75) is 19.9 Å². The Morgan fingerprint density at radius 3 is 2.62 bits per heavy atom. The molecule has 1 N–H and O–H groups in total. The first-order valence-electron chi connectivity index (χ1n) is 13.2. The molecule has 0 fully saturated rings. The van der Waals surface area contributed by atoms with Crippen molar-refractivity contribution in [3.8, 4) is 17.1 Å². The summed E-state index contributed by atoms with van der Waals surface area (Å²) in [5.41, 5.74) is 4.10. The topological polar surface area (TPSA) is 85.8 Å². The molecule has 3 aromatic carbocycles. The summed E-state index contributed by atoms with van der Waals surface area (Å²) in [5, 5.41) is 2.97. The molecular weight excluding hydrogens is 614 g/mol. The van der Waals surface area contributed by atoms with Crippen molar-refractivity contribution in [2.24, 2.45) is 4.99 Å². The average molecular weight is 641 g/mol. The maximum atomic E-state index is 14.0. The number of carbonyl (C=O) groups excluding carboxylic acids is 1. The number of fused-ring (bicyclic) bond motifs is 1. The Hall–Kier alpha value is -4.47. The molecule has 7 nitrogen and oxygen atoms in total. The lowest BCUT2D eigenvalue weighted by Crippen LogP contribution is -2.40. The van der Waals surface area contributed by atoms with Crippen LogP contribution in [-0.2, 0) is 4.79 Å². The summed E-state index contributed by atoms with van der Waals surface area (Å²) in [6, 6.07) is 25.7. The van der Waals surface area contributed by atoms with Crippen molar-refractivity contribution in [3.63, 3.8) is 0 Å². The summed E-state index contributed by atoms with van der Waals surface area (Å²) in [4.78, 5) is 32.9. The second kappa shape index (κ2) is 11.4. The monoisotopic (exact) mass is 639 g/mol. The van der Waals surface area contributed by atoms with Gasteiger partial charge in [0.15, 0.2) is 4.80 Å². The Balaban J connectivity index is 1.46. The molecule has 42 heavy (non-hydrogen) atoms. The van der Waals surface area contributed by atoms with Gasteiger partial charge < -0.3 is 14.5 Å². The molecule has 0 unspecified atom stereocenters. The number of nitrogens with zero attached hydrogens (tertiary/aromatic N) is 2. The molecule has 0 radical (unpaired) electrons. The van der Waals surface area contributed by atoms with Crippen LogP contribution in [0.5, 0.6) is 5.75 Å². The summed E-state index contributed by atoms with van der Waals surface area (Å²) in [5.74, 6) is 1.52. The smallest absolute Gasteiger partial charge is 0.271 e. The van der Waals surface area contributed by atoms with E-state index in [2.05, 4.69) is 21.2 Å². The number of nitrogens with one attached hydrogen (secondary N) is 1. The first-order valence-corrected chi connectivity index (χ1v) is 14.8. The maximum absolute atomic E-state index is 14.0. The van der Waals surface area contributed by atoms with Crippen LogP contribution in [0.1, 0.15) is 29.9 Å². The third kappa shape index (κ3) is 5.29. The van der Waals surface area contributed by atoms with Gasteiger partial charge in [-0.2, -0.15) is 0 Å². The number of thiazole rings is 1. The number of aryl methyl sites for hydroxylation is 1. The average Bonchev–Trinajstić information content (AvgIpc) is 3.56. The van der Waals surface area contributed by atoms with Gasteiger partial charge in [-0.05, 0) is 73.5 Å². The molecule has 0 saturated heterocycles. The predicted octanol–water partition coefficient (Wildman–Crippen LogP) is 6.21. The maximum Gasteiger partial charge on any atom is 0.271 e. The first-order chi connectivity index (χ1) is 20.3. The second-order valence-corrected chi connectivity index (χ2v) is 11.7. The minimum Gasteiger partial charge on any atom is -0.497 e. The Labute approximate surface area is 254 Å². The van der Waals surface area contributed by atoms with Crippen molar-refractivity contribution < 1.29 is 13.9 Å². The molecule has 2 aromatic heterocycles. The van der Waals surface area contributed by atoms with E-state index >= 15 is 0 Å². The molecule has 1 amide bonds. The SMILES string of the molecule is COc1cccc([C@@H]2C(C(=O)Nc3ccccc3)=C(C)N=c3s/c(=C\c4ccc(-c5ccc(C)cc5Br)o4)c(=O)n32)c1. The number of para-hydroxylation sites is 1. The zero-order valence-corrected chi connectivity index (χ0v) is 25.5. The number of allylic oxidation sites excluding steroid dienone is 1. The van der Waals surface area contributed by atoms with Crippen molar-refractivity contribution in [3.05, 3.63) is 137 Å². The fourth-order valence-electron chi connectivity index (χ4n) is 4.98. The zero-order chi connectivity index (χ0) is 29.4. The van der Waals surface area contributed by atoms with Crippen molar-refractivity contribution in [2.75, 3.05) is 12.4 Å². The summed E-state index contributed by atoms with van der Waals surface area (Å²) in [7, 11) is 1.58. The Morgan fingerprint density at radius 1 is 1.05 bits per heavy atom. The highest BCUT2D eigenvalue weighted by Crippen LogP contribution is 2.33. The molecule has 210 valence electrons. The fourth-order valence-corrected chi connectivity index (χ4v) is 6.70. The molecule has 5 aromatic rings. The van der Waals surface area contributed by atoms with Crippen LogP contribution in [0.2, 0.25) is 0 Å². The third-order valence-corrected chi connectivity index (χ3v) is 8.64. The highest BCUT2D eigenvalue weighted by atomic mass is 79.9. The number of carbonyl (C=O) groups is 1. The molecule has 0 spiro atoms. The van der Waals surface area contributed by atoms with Gasteiger partial charge in [0, 0.05) is 21.8 Å². The van der Waals surface area contributed by atoms with Crippen molar-refractivity contribution >= 4 is 44.9 Å². The predicted molar refractivity (Wildman–Crippen MR) is 168 cm³/mol. The van der Waals surface area contributed by atoms with Crippen molar-refractivity contribution in [1.29, 1.82) is 0 Å². The van der Waals surface area contributed by atoms with Crippen LogP contribution in [-0.4, -0.2) is 17.6 Å². The van der Waals surface area contributed by atoms with Gasteiger partial charge in [0.25, 0.3) is 11.5 Å². The zero-order valence-electron chi connectivity index (χ0n) is 23.1. The van der Waals surface area contributed by atoms with Crippen LogP contribution in [0.15, 0.2) is 115 Å².